The molecule has 0 spiro atoms. The summed E-state index contributed by atoms with van der Waals surface area (Å²) in [5.41, 5.74) is 4.42. The minimum Gasteiger partial charge on any atom is -0.465 e. The predicted octanol–water partition coefficient (Wildman–Crippen LogP) is 3.37. The van der Waals surface area contributed by atoms with Gasteiger partial charge in [-0.15, -0.1) is 0 Å². The SMILES string of the molecule is COC(=O)c1ccc(CNC(=O)COC(=O)c2c3c(nc4ccccc24)CCCC3)cc1. The minimum absolute atomic E-state index is 0.255. The molecular weight excluding hydrogens is 408 g/mol. The van der Waals surface area contributed by atoms with E-state index in [0.717, 1.165) is 53.4 Å². The number of rotatable bonds is 6. The van der Waals surface area contributed by atoms with E-state index in [9.17, 15) is 14.4 Å². The quantitative estimate of drug-likeness (QED) is 0.600. The van der Waals surface area contributed by atoms with Crippen molar-refractivity contribution in [1.82, 2.24) is 10.3 Å². The van der Waals surface area contributed by atoms with Gasteiger partial charge in [-0.25, -0.2) is 9.59 Å². The number of carbonyl (C=O) groups excluding carboxylic acids is 3. The fourth-order valence-corrected chi connectivity index (χ4v) is 3.94. The minimum atomic E-state index is -0.501. The van der Waals surface area contributed by atoms with E-state index in [-0.39, 0.29) is 13.2 Å². The van der Waals surface area contributed by atoms with Gasteiger partial charge in [-0.05, 0) is 55.0 Å². The third-order valence-corrected chi connectivity index (χ3v) is 5.57. The van der Waals surface area contributed by atoms with E-state index in [2.05, 4.69) is 10.1 Å². The normalized spacial score (nSPS) is 12.7. The van der Waals surface area contributed by atoms with Crippen LogP contribution in [0.5, 0.6) is 0 Å². The highest BCUT2D eigenvalue weighted by Crippen LogP contribution is 2.29. The summed E-state index contributed by atoms with van der Waals surface area (Å²) in [7, 11) is 1.32. The summed E-state index contributed by atoms with van der Waals surface area (Å²) in [5.74, 6) is -1.32. The van der Waals surface area contributed by atoms with E-state index in [1.165, 1.54) is 7.11 Å². The lowest BCUT2D eigenvalue weighted by Crippen LogP contribution is -2.28. The molecule has 1 heterocycles. The number of carbonyl (C=O) groups is 3. The molecule has 0 saturated carbocycles. The smallest absolute Gasteiger partial charge is 0.339 e. The zero-order valence-corrected chi connectivity index (χ0v) is 17.8. The van der Waals surface area contributed by atoms with E-state index >= 15 is 0 Å². The first-order valence-corrected chi connectivity index (χ1v) is 10.6. The van der Waals surface area contributed by atoms with Crippen LogP contribution in [0.25, 0.3) is 10.9 Å². The van der Waals surface area contributed by atoms with Crippen molar-refractivity contribution in [3.63, 3.8) is 0 Å². The first kappa shape index (κ1) is 21.5. The summed E-state index contributed by atoms with van der Waals surface area (Å²) in [5, 5.41) is 3.48. The second-order valence-corrected chi connectivity index (χ2v) is 7.68. The van der Waals surface area contributed by atoms with Gasteiger partial charge in [0.2, 0.25) is 0 Å². The Labute approximate surface area is 185 Å². The number of hydrogen-bond acceptors (Lipinski definition) is 6. The maximum atomic E-state index is 13.0. The molecule has 0 bridgehead atoms. The molecule has 1 aromatic heterocycles. The number of nitrogens with zero attached hydrogens (tertiary/aromatic N) is 1. The number of methoxy groups -OCH3 is 1. The highest BCUT2D eigenvalue weighted by atomic mass is 16.5. The van der Waals surface area contributed by atoms with E-state index in [1.54, 1.807) is 24.3 Å². The number of benzene rings is 2. The number of aryl methyl sites for hydroxylation is 1. The molecule has 0 fully saturated rings. The number of nitrogens with one attached hydrogen (secondary N) is 1. The number of fused-ring (bicyclic) bond motifs is 2. The molecule has 0 atom stereocenters. The van der Waals surface area contributed by atoms with Crippen molar-refractivity contribution >= 4 is 28.7 Å². The number of para-hydroxylation sites is 1. The van der Waals surface area contributed by atoms with E-state index in [4.69, 9.17) is 9.72 Å². The number of aromatic nitrogens is 1. The van der Waals surface area contributed by atoms with Crippen molar-refractivity contribution < 1.29 is 23.9 Å². The van der Waals surface area contributed by atoms with Gasteiger partial charge >= 0.3 is 11.9 Å². The lowest BCUT2D eigenvalue weighted by Gasteiger charge is -2.19. The highest BCUT2D eigenvalue weighted by Gasteiger charge is 2.24. The van der Waals surface area contributed by atoms with Gasteiger partial charge in [0.05, 0.1) is 23.8 Å². The Hall–Kier alpha value is -3.74. The summed E-state index contributed by atoms with van der Waals surface area (Å²) in [6.07, 6.45) is 3.68. The predicted molar refractivity (Wildman–Crippen MR) is 118 cm³/mol. The van der Waals surface area contributed by atoms with Crippen molar-refractivity contribution in [2.75, 3.05) is 13.7 Å². The summed E-state index contributed by atoms with van der Waals surface area (Å²) in [6.45, 7) is -0.115. The molecule has 1 amide bonds. The Morgan fingerprint density at radius 1 is 0.969 bits per heavy atom. The average molecular weight is 432 g/mol. The standard InChI is InChI=1S/C25H24N2O5/c1-31-24(29)17-12-10-16(11-13-17)14-26-22(28)15-32-25(30)23-18-6-2-4-8-20(18)27-21-9-5-3-7-19(21)23/h2,4,6,8,10-13H,3,5,7,9,14-15H2,1H3,(H,26,28). The van der Waals surface area contributed by atoms with Crippen LogP contribution in [0.15, 0.2) is 48.5 Å². The molecular formula is C25H24N2O5. The van der Waals surface area contributed by atoms with E-state index in [1.807, 2.05) is 24.3 Å². The number of esters is 2. The second-order valence-electron chi connectivity index (χ2n) is 7.68. The second kappa shape index (κ2) is 9.60. The zero-order chi connectivity index (χ0) is 22.5. The van der Waals surface area contributed by atoms with Gasteiger partial charge in [0, 0.05) is 17.6 Å². The first-order valence-electron chi connectivity index (χ1n) is 10.6. The Kier molecular flexibility index (Phi) is 6.44. The Morgan fingerprint density at radius 3 is 2.50 bits per heavy atom. The maximum Gasteiger partial charge on any atom is 0.339 e. The third kappa shape index (κ3) is 4.61. The Balaban J connectivity index is 1.40. The fourth-order valence-electron chi connectivity index (χ4n) is 3.94. The lowest BCUT2D eigenvalue weighted by molar-refractivity contribution is -0.124. The van der Waals surface area contributed by atoms with Crippen molar-refractivity contribution in [2.45, 2.75) is 32.2 Å². The van der Waals surface area contributed by atoms with Crippen molar-refractivity contribution in [1.29, 1.82) is 0 Å². The van der Waals surface area contributed by atoms with Crippen LogP contribution in [-0.4, -0.2) is 36.5 Å². The summed E-state index contributed by atoms with van der Waals surface area (Å²) >= 11 is 0. The summed E-state index contributed by atoms with van der Waals surface area (Å²) in [4.78, 5) is 41.4. The molecule has 0 unspecified atom stereocenters. The van der Waals surface area contributed by atoms with Gasteiger partial charge in [-0.3, -0.25) is 9.78 Å². The van der Waals surface area contributed by atoms with Crippen LogP contribution < -0.4 is 5.32 Å². The average Bonchev–Trinajstić information content (AvgIpc) is 2.84. The monoisotopic (exact) mass is 432 g/mol. The van der Waals surface area contributed by atoms with Gasteiger partial charge in [0.25, 0.3) is 5.91 Å². The van der Waals surface area contributed by atoms with E-state index < -0.39 is 17.8 Å². The molecule has 3 aromatic rings. The van der Waals surface area contributed by atoms with Gasteiger partial charge in [0.1, 0.15) is 0 Å². The number of pyridine rings is 1. The molecule has 2 aromatic carbocycles. The topological polar surface area (TPSA) is 94.6 Å². The molecule has 0 saturated heterocycles. The Bertz CT molecular complexity index is 1170. The van der Waals surface area contributed by atoms with Crippen molar-refractivity contribution in [2.24, 2.45) is 0 Å². The number of amides is 1. The number of ether oxygens (including phenoxy) is 2. The maximum absolute atomic E-state index is 13.0. The summed E-state index contributed by atoms with van der Waals surface area (Å²) in [6, 6.07) is 14.2. The third-order valence-electron chi connectivity index (χ3n) is 5.57. The molecule has 0 radical (unpaired) electrons. The van der Waals surface area contributed by atoms with Crippen molar-refractivity contribution in [3.05, 3.63) is 76.5 Å². The largest absolute Gasteiger partial charge is 0.465 e. The Morgan fingerprint density at radius 2 is 1.72 bits per heavy atom. The van der Waals surface area contributed by atoms with Gasteiger partial charge < -0.3 is 14.8 Å². The van der Waals surface area contributed by atoms with Crippen LogP contribution in [0.2, 0.25) is 0 Å². The molecule has 164 valence electrons. The van der Waals surface area contributed by atoms with Gasteiger partial charge in [-0.1, -0.05) is 30.3 Å². The molecule has 4 rings (SSSR count). The molecule has 1 aliphatic rings. The van der Waals surface area contributed by atoms with Crippen LogP contribution in [-0.2, 0) is 33.7 Å². The number of hydrogen-bond donors (Lipinski definition) is 1. The van der Waals surface area contributed by atoms with Crippen LogP contribution >= 0.6 is 0 Å². The molecule has 7 heteroatoms. The van der Waals surface area contributed by atoms with E-state index in [0.29, 0.717) is 11.1 Å². The van der Waals surface area contributed by atoms with Crippen LogP contribution in [0, 0.1) is 0 Å². The first-order chi connectivity index (χ1) is 15.6. The highest BCUT2D eigenvalue weighted by molar-refractivity contribution is 6.05. The zero-order valence-electron chi connectivity index (χ0n) is 17.8. The van der Waals surface area contributed by atoms with Crippen LogP contribution in [0.3, 0.4) is 0 Å². The van der Waals surface area contributed by atoms with Gasteiger partial charge in [-0.2, -0.15) is 0 Å². The molecule has 1 N–H and O–H groups in total. The summed E-state index contributed by atoms with van der Waals surface area (Å²) < 4.78 is 10.0. The van der Waals surface area contributed by atoms with Gasteiger partial charge in [0.15, 0.2) is 6.61 Å². The molecule has 7 nitrogen and oxygen atoms in total. The molecule has 1 aliphatic carbocycles. The lowest BCUT2D eigenvalue weighted by atomic mass is 9.90. The fraction of sp³-hybridized carbons (Fsp3) is 0.280. The molecule has 0 aliphatic heterocycles. The van der Waals surface area contributed by atoms with Crippen LogP contribution in [0.1, 0.15) is 50.4 Å². The molecule has 32 heavy (non-hydrogen) atoms. The van der Waals surface area contributed by atoms with Crippen LogP contribution in [0.4, 0.5) is 0 Å². The van der Waals surface area contributed by atoms with Crippen molar-refractivity contribution in [3.8, 4) is 0 Å².